The van der Waals surface area contributed by atoms with Crippen molar-refractivity contribution in [1.82, 2.24) is 5.06 Å². The summed E-state index contributed by atoms with van der Waals surface area (Å²) in [4.78, 5) is 11.4. The lowest BCUT2D eigenvalue weighted by atomic mass is 10.1. The largest absolute Gasteiger partial charge is 0.463 e. The van der Waals surface area contributed by atoms with Gasteiger partial charge in [-0.05, 0) is 19.3 Å². The molecule has 1 unspecified atom stereocenters. The summed E-state index contributed by atoms with van der Waals surface area (Å²) in [6.07, 6.45) is 2.11. The molecule has 0 amide bonds. The molecule has 7 nitrogen and oxygen atoms in total. The van der Waals surface area contributed by atoms with Crippen molar-refractivity contribution in [2.75, 3.05) is 18.9 Å². The number of hydroxylamine groups is 2. The highest BCUT2D eigenvalue weighted by Crippen LogP contribution is 2.15. The maximum atomic E-state index is 11.4. The van der Waals surface area contributed by atoms with Crippen molar-refractivity contribution in [2.45, 2.75) is 25.3 Å². The first-order valence-electron chi connectivity index (χ1n) is 4.97. The van der Waals surface area contributed by atoms with Crippen LogP contribution in [0.3, 0.4) is 0 Å². The second-order valence-corrected chi connectivity index (χ2v) is 5.20. The first-order chi connectivity index (χ1) is 7.40. The molecular formula is C8H15NO6S. The molecule has 0 radical (unpaired) electrons. The van der Waals surface area contributed by atoms with E-state index in [0.29, 0.717) is 13.0 Å². The number of esters is 1. The minimum atomic E-state index is -4.12. The third-order valence-corrected chi connectivity index (χ3v) is 3.01. The van der Waals surface area contributed by atoms with Gasteiger partial charge < -0.3 is 9.94 Å². The van der Waals surface area contributed by atoms with Crippen molar-refractivity contribution in [3.63, 3.8) is 0 Å². The lowest BCUT2D eigenvalue weighted by molar-refractivity contribution is -0.180. The molecule has 0 aromatic heterocycles. The Morgan fingerprint density at radius 2 is 2.12 bits per heavy atom. The lowest BCUT2D eigenvalue weighted by Crippen LogP contribution is -2.43. The van der Waals surface area contributed by atoms with Crippen molar-refractivity contribution < 1.29 is 27.7 Å². The van der Waals surface area contributed by atoms with Crippen LogP contribution in [-0.4, -0.2) is 54.2 Å². The SMILES string of the molecule is O=C(OCCS(=O)(=O)O)C1CCCCN1O. The molecule has 0 aromatic carbocycles. The van der Waals surface area contributed by atoms with E-state index in [1.807, 2.05) is 0 Å². The van der Waals surface area contributed by atoms with Gasteiger partial charge in [-0.3, -0.25) is 9.35 Å². The fourth-order valence-corrected chi connectivity index (χ4v) is 1.79. The minimum absolute atomic E-state index is 0.401. The maximum absolute atomic E-state index is 11.4. The predicted octanol–water partition coefficient (Wildman–Crippen LogP) is -0.339. The molecule has 0 bridgehead atoms. The minimum Gasteiger partial charge on any atom is -0.463 e. The molecule has 0 aromatic rings. The molecule has 1 saturated heterocycles. The third-order valence-electron chi connectivity index (χ3n) is 2.33. The summed E-state index contributed by atoms with van der Waals surface area (Å²) >= 11 is 0. The van der Waals surface area contributed by atoms with Gasteiger partial charge in [0.2, 0.25) is 0 Å². The van der Waals surface area contributed by atoms with E-state index in [9.17, 15) is 18.4 Å². The van der Waals surface area contributed by atoms with Gasteiger partial charge >= 0.3 is 5.97 Å². The second kappa shape index (κ2) is 5.58. The van der Waals surface area contributed by atoms with Crippen LogP contribution in [-0.2, 0) is 19.6 Å². The summed E-state index contributed by atoms with van der Waals surface area (Å²) < 4.78 is 33.8. The zero-order chi connectivity index (χ0) is 12.2. The topological polar surface area (TPSA) is 104 Å². The number of ether oxygens (including phenoxy) is 1. The number of carbonyl (C=O) groups is 1. The summed E-state index contributed by atoms with van der Waals surface area (Å²) in [5.41, 5.74) is 0. The maximum Gasteiger partial charge on any atom is 0.325 e. The number of hydrogen-bond acceptors (Lipinski definition) is 6. The highest BCUT2D eigenvalue weighted by molar-refractivity contribution is 7.85. The van der Waals surface area contributed by atoms with Gasteiger partial charge in [0.1, 0.15) is 18.4 Å². The van der Waals surface area contributed by atoms with Crippen LogP contribution >= 0.6 is 0 Å². The molecule has 1 rings (SSSR count). The smallest absolute Gasteiger partial charge is 0.325 e. The van der Waals surface area contributed by atoms with Crippen LogP contribution in [0.15, 0.2) is 0 Å². The Labute approximate surface area is 93.7 Å². The molecule has 0 saturated carbocycles. The van der Waals surface area contributed by atoms with Gasteiger partial charge in [-0.1, -0.05) is 0 Å². The quantitative estimate of drug-likeness (QED) is 0.521. The first kappa shape index (κ1) is 13.4. The average Bonchev–Trinajstić information content (AvgIpc) is 2.16. The summed E-state index contributed by atoms with van der Waals surface area (Å²) in [6.45, 7) is 0.0000714. The fraction of sp³-hybridized carbons (Fsp3) is 0.875. The number of nitrogens with zero attached hydrogens (tertiary/aromatic N) is 1. The van der Waals surface area contributed by atoms with Crippen molar-refractivity contribution >= 4 is 16.1 Å². The highest BCUT2D eigenvalue weighted by atomic mass is 32.2. The second-order valence-electron chi connectivity index (χ2n) is 3.63. The third kappa shape index (κ3) is 4.44. The Hall–Kier alpha value is -0.700. The predicted molar refractivity (Wildman–Crippen MR) is 53.5 cm³/mol. The Bertz CT molecular complexity index is 340. The molecule has 2 N–H and O–H groups in total. The van der Waals surface area contributed by atoms with E-state index in [-0.39, 0.29) is 0 Å². The van der Waals surface area contributed by atoms with Crippen LogP contribution in [0.1, 0.15) is 19.3 Å². The van der Waals surface area contributed by atoms with Crippen LogP contribution in [0.25, 0.3) is 0 Å². The molecule has 1 aliphatic rings. The van der Waals surface area contributed by atoms with E-state index in [2.05, 4.69) is 4.74 Å². The Balaban J connectivity index is 2.34. The first-order valence-corrected chi connectivity index (χ1v) is 6.58. The molecule has 1 heterocycles. The average molecular weight is 253 g/mol. The van der Waals surface area contributed by atoms with Crippen molar-refractivity contribution in [3.05, 3.63) is 0 Å². The molecule has 1 fully saturated rings. The Kier molecular flexibility index (Phi) is 4.66. The van der Waals surface area contributed by atoms with E-state index in [0.717, 1.165) is 17.9 Å². The van der Waals surface area contributed by atoms with Crippen LogP contribution in [0.2, 0.25) is 0 Å². The van der Waals surface area contributed by atoms with Gasteiger partial charge in [0.25, 0.3) is 10.1 Å². The molecule has 0 spiro atoms. The van der Waals surface area contributed by atoms with Crippen LogP contribution in [0, 0.1) is 0 Å². The molecule has 94 valence electrons. The summed E-state index contributed by atoms with van der Waals surface area (Å²) in [5.74, 6) is -1.29. The molecule has 8 heteroatoms. The van der Waals surface area contributed by atoms with Crippen LogP contribution in [0.4, 0.5) is 0 Å². The molecular weight excluding hydrogens is 238 g/mol. The molecule has 1 aliphatic heterocycles. The van der Waals surface area contributed by atoms with E-state index in [1.165, 1.54) is 0 Å². The van der Waals surface area contributed by atoms with Crippen LogP contribution in [0.5, 0.6) is 0 Å². The van der Waals surface area contributed by atoms with E-state index in [4.69, 9.17) is 4.55 Å². The van der Waals surface area contributed by atoms with E-state index < -0.39 is 34.5 Å². The van der Waals surface area contributed by atoms with Crippen molar-refractivity contribution in [3.8, 4) is 0 Å². The fourth-order valence-electron chi connectivity index (χ4n) is 1.50. The van der Waals surface area contributed by atoms with Gasteiger partial charge in [0.05, 0.1) is 0 Å². The normalized spacial score (nSPS) is 23.0. The number of hydrogen-bond donors (Lipinski definition) is 2. The van der Waals surface area contributed by atoms with Gasteiger partial charge in [0.15, 0.2) is 0 Å². The molecule has 0 aliphatic carbocycles. The van der Waals surface area contributed by atoms with Crippen molar-refractivity contribution in [1.29, 1.82) is 0 Å². The Morgan fingerprint density at radius 3 is 2.69 bits per heavy atom. The van der Waals surface area contributed by atoms with Crippen LogP contribution < -0.4 is 0 Å². The lowest BCUT2D eigenvalue weighted by Gasteiger charge is -2.28. The monoisotopic (exact) mass is 253 g/mol. The summed E-state index contributed by atoms with van der Waals surface area (Å²) in [6, 6.07) is -0.727. The zero-order valence-electron chi connectivity index (χ0n) is 8.70. The summed E-state index contributed by atoms with van der Waals surface area (Å²) in [7, 11) is -4.12. The van der Waals surface area contributed by atoms with Crippen molar-refractivity contribution in [2.24, 2.45) is 0 Å². The summed E-state index contributed by atoms with van der Waals surface area (Å²) in [5, 5.41) is 10.3. The number of carbonyl (C=O) groups excluding carboxylic acids is 1. The van der Waals surface area contributed by atoms with E-state index in [1.54, 1.807) is 0 Å². The zero-order valence-corrected chi connectivity index (χ0v) is 9.52. The highest BCUT2D eigenvalue weighted by Gasteiger charge is 2.29. The number of rotatable bonds is 4. The van der Waals surface area contributed by atoms with Gasteiger partial charge in [-0.2, -0.15) is 13.5 Å². The van der Waals surface area contributed by atoms with Gasteiger partial charge in [0, 0.05) is 6.54 Å². The van der Waals surface area contributed by atoms with E-state index >= 15 is 0 Å². The standard InChI is InChI=1S/C8H15NO6S/c10-8(15-5-6-16(12,13)14)7-3-1-2-4-9(7)11/h7,11H,1-6H2,(H,12,13,14). The number of piperidine rings is 1. The Morgan fingerprint density at radius 1 is 1.44 bits per heavy atom. The van der Waals surface area contributed by atoms with Gasteiger partial charge in [-0.15, -0.1) is 0 Å². The van der Waals surface area contributed by atoms with Gasteiger partial charge in [-0.25, -0.2) is 0 Å². The molecule has 1 atom stereocenters. The molecule has 16 heavy (non-hydrogen) atoms.